The number of hydrogen-bond acceptors (Lipinski definition) is 6. The highest BCUT2D eigenvalue weighted by atomic mass is 16.5. The summed E-state index contributed by atoms with van der Waals surface area (Å²) in [5.74, 6) is -0.0491. The lowest BCUT2D eigenvalue weighted by molar-refractivity contribution is -0.119. The molecule has 0 fully saturated rings. The summed E-state index contributed by atoms with van der Waals surface area (Å²) in [7, 11) is 2.90. The largest absolute Gasteiger partial charge is 0.493 e. The van der Waals surface area contributed by atoms with E-state index in [1.807, 2.05) is 57.2 Å². The molecule has 3 aromatic rings. The zero-order valence-corrected chi connectivity index (χ0v) is 18.8. The lowest BCUT2D eigenvalue weighted by Crippen LogP contribution is -2.22. The van der Waals surface area contributed by atoms with Crippen LogP contribution in [0.2, 0.25) is 0 Å². The number of carbonyl (C=O) groups is 2. The fraction of sp³-hybridized carbons (Fsp3) is 0.292. The van der Waals surface area contributed by atoms with E-state index in [2.05, 4.69) is 10.4 Å². The number of rotatable bonds is 7. The highest BCUT2D eigenvalue weighted by Crippen LogP contribution is 2.31. The van der Waals surface area contributed by atoms with Crippen molar-refractivity contribution >= 4 is 17.7 Å². The first kappa shape index (κ1) is 22.9. The zero-order chi connectivity index (χ0) is 23.3. The second-order valence-corrected chi connectivity index (χ2v) is 8.08. The standard InChI is InChI=1S/C24H27N3O5/c1-24(2,3)19-14-20(27(26-19)16-10-7-6-8-11-16)25-21(28)15-32-23(29)17-12-9-13-18(30-4)22(17)31-5/h6-14H,15H2,1-5H3,(H,25,28). The highest BCUT2D eigenvalue weighted by Gasteiger charge is 2.22. The summed E-state index contributed by atoms with van der Waals surface area (Å²) in [6.45, 7) is 5.66. The molecule has 0 unspecified atom stereocenters. The molecule has 3 rings (SSSR count). The molecule has 168 valence electrons. The van der Waals surface area contributed by atoms with Gasteiger partial charge in [-0.25, -0.2) is 9.48 Å². The highest BCUT2D eigenvalue weighted by molar-refractivity contribution is 5.97. The molecule has 8 heteroatoms. The van der Waals surface area contributed by atoms with Gasteiger partial charge in [0.25, 0.3) is 5.91 Å². The number of carbonyl (C=O) groups excluding carboxylic acids is 2. The number of anilines is 1. The van der Waals surface area contributed by atoms with Crippen molar-refractivity contribution in [3.8, 4) is 17.2 Å². The molecule has 0 bridgehead atoms. The van der Waals surface area contributed by atoms with Crippen LogP contribution in [0.15, 0.2) is 54.6 Å². The van der Waals surface area contributed by atoms with Crippen LogP contribution in [0.4, 0.5) is 5.82 Å². The second-order valence-electron chi connectivity index (χ2n) is 8.08. The minimum Gasteiger partial charge on any atom is -0.493 e. The summed E-state index contributed by atoms with van der Waals surface area (Å²) >= 11 is 0. The number of nitrogens with one attached hydrogen (secondary N) is 1. The number of amides is 1. The van der Waals surface area contributed by atoms with Crippen molar-refractivity contribution < 1.29 is 23.8 Å². The molecule has 0 spiro atoms. The van der Waals surface area contributed by atoms with Crippen LogP contribution < -0.4 is 14.8 Å². The predicted octanol–water partition coefficient (Wildman–Crippen LogP) is 3.98. The van der Waals surface area contributed by atoms with Gasteiger partial charge < -0.3 is 19.5 Å². The van der Waals surface area contributed by atoms with Crippen LogP contribution >= 0.6 is 0 Å². The summed E-state index contributed by atoms with van der Waals surface area (Å²) in [4.78, 5) is 25.1. The molecule has 1 amide bonds. The fourth-order valence-electron chi connectivity index (χ4n) is 3.04. The van der Waals surface area contributed by atoms with Gasteiger partial charge in [0.15, 0.2) is 18.1 Å². The topological polar surface area (TPSA) is 91.7 Å². The van der Waals surface area contributed by atoms with Crippen molar-refractivity contribution in [2.24, 2.45) is 0 Å². The minimum absolute atomic E-state index is 0.170. The quantitative estimate of drug-likeness (QED) is 0.562. The van der Waals surface area contributed by atoms with Crippen molar-refractivity contribution in [2.75, 3.05) is 26.1 Å². The monoisotopic (exact) mass is 437 g/mol. The number of hydrogen-bond donors (Lipinski definition) is 1. The number of aromatic nitrogens is 2. The zero-order valence-electron chi connectivity index (χ0n) is 18.8. The van der Waals surface area contributed by atoms with Crippen LogP contribution in [0.5, 0.6) is 11.5 Å². The Morgan fingerprint density at radius 3 is 2.34 bits per heavy atom. The van der Waals surface area contributed by atoms with E-state index in [9.17, 15) is 9.59 Å². The number of nitrogens with zero attached hydrogens (tertiary/aromatic N) is 2. The molecule has 0 saturated carbocycles. The smallest absolute Gasteiger partial charge is 0.342 e. The Morgan fingerprint density at radius 1 is 1.00 bits per heavy atom. The van der Waals surface area contributed by atoms with E-state index >= 15 is 0 Å². The van der Waals surface area contributed by atoms with Gasteiger partial charge in [-0.1, -0.05) is 45.0 Å². The maximum Gasteiger partial charge on any atom is 0.342 e. The summed E-state index contributed by atoms with van der Waals surface area (Å²) in [5.41, 5.74) is 1.57. The Bertz CT molecular complexity index is 1100. The average Bonchev–Trinajstić information content (AvgIpc) is 3.21. The van der Waals surface area contributed by atoms with E-state index in [1.165, 1.54) is 14.2 Å². The first-order valence-electron chi connectivity index (χ1n) is 10.1. The van der Waals surface area contributed by atoms with Crippen molar-refractivity contribution in [3.63, 3.8) is 0 Å². The summed E-state index contributed by atoms with van der Waals surface area (Å²) in [5, 5.41) is 7.44. The maximum absolute atomic E-state index is 12.6. The molecule has 0 aliphatic carbocycles. The van der Waals surface area contributed by atoms with Gasteiger partial charge in [-0.15, -0.1) is 0 Å². The molecule has 0 aliphatic rings. The lowest BCUT2D eigenvalue weighted by Gasteiger charge is -2.14. The molecule has 0 atom stereocenters. The minimum atomic E-state index is -0.692. The van der Waals surface area contributed by atoms with Gasteiger partial charge in [0.05, 0.1) is 25.6 Å². The number of methoxy groups -OCH3 is 2. The fourth-order valence-corrected chi connectivity index (χ4v) is 3.04. The van der Waals surface area contributed by atoms with Crippen LogP contribution in [-0.4, -0.2) is 42.5 Å². The third-order valence-corrected chi connectivity index (χ3v) is 4.70. The maximum atomic E-state index is 12.6. The third-order valence-electron chi connectivity index (χ3n) is 4.70. The second kappa shape index (κ2) is 9.55. The Hall–Kier alpha value is -3.81. The Kier molecular flexibility index (Phi) is 6.82. The number of esters is 1. The first-order chi connectivity index (χ1) is 15.2. The van der Waals surface area contributed by atoms with E-state index in [-0.39, 0.29) is 16.7 Å². The van der Waals surface area contributed by atoms with Gasteiger partial charge >= 0.3 is 5.97 Å². The van der Waals surface area contributed by atoms with Crippen molar-refractivity contribution in [3.05, 3.63) is 65.9 Å². The van der Waals surface area contributed by atoms with Crippen LogP contribution in [0.3, 0.4) is 0 Å². The number of ether oxygens (including phenoxy) is 3. The van der Waals surface area contributed by atoms with Crippen molar-refractivity contribution in [1.29, 1.82) is 0 Å². The van der Waals surface area contributed by atoms with E-state index in [1.54, 1.807) is 22.9 Å². The summed E-state index contributed by atoms with van der Waals surface area (Å²) < 4.78 is 17.3. The third kappa shape index (κ3) is 5.08. The number of benzene rings is 2. The number of para-hydroxylation sites is 2. The van der Waals surface area contributed by atoms with E-state index in [4.69, 9.17) is 14.2 Å². The SMILES string of the molecule is COc1cccc(C(=O)OCC(=O)Nc2cc(C(C)(C)C)nn2-c2ccccc2)c1OC. The van der Waals surface area contributed by atoms with E-state index in [0.717, 1.165) is 11.4 Å². The van der Waals surface area contributed by atoms with Crippen molar-refractivity contribution in [2.45, 2.75) is 26.2 Å². The Balaban J connectivity index is 1.76. The normalized spacial score (nSPS) is 11.0. The molecule has 1 heterocycles. The first-order valence-corrected chi connectivity index (χ1v) is 10.1. The molecule has 0 radical (unpaired) electrons. The molecule has 1 N–H and O–H groups in total. The summed E-state index contributed by atoms with van der Waals surface area (Å²) in [6, 6.07) is 16.1. The Morgan fingerprint density at radius 2 is 1.72 bits per heavy atom. The van der Waals surface area contributed by atoms with E-state index < -0.39 is 18.5 Å². The van der Waals surface area contributed by atoms with Crippen LogP contribution in [-0.2, 0) is 14.9 Å². The molecular weight excluding hydrogens is 410 g/mol. The van der Waals surface area contributed by atoms with Gasteiger partial charge in [0, 0.05) is 11.5 Å². The molecule has 1 aromatic heterocycles. The Labute approximate surface area is 187 Å². The molecule has 2 aromatic carbocycles. The van der Waals surface area contributed by atoms with Crippen LogP contribution in [0, 0.1) is 0 Å². The molecule has 0 saturated heterocycles. The van der Waals surface area contributed by atoms with Crippen molar-refractivity contribution in [1.82, 2.24) is 9.78 Å². The van der Waals surface area contributed by atoms with Gasteiger partial charge in [0.2, 0.25) is 0 Å². The van der Waals surface area contributed by atoms with E-state index in [0.29, 0.717) is 11.6 Å². The molecule has 0 aliphatic heterocycles. The van der Waals surface area contributed by atoms with Gasteiger partial charge in [-0.05, 0) is 24.3 Å². The van der Waals surface area contributed by atoms with Crippen LogP contribution in [0.25, 0.3) is 5.69 Å². The molecule has 8 nitrogen and oxygen atoms in total. The van der Waals surface area contributed by atoms with Gasteiger partial charge in [-0.3, -0.25) is 4.79 Å². The summed E-state index contributed by atoms with van der Waals surface area (Å²) in [6.07, 6.45) is 0. The lowest BCUT2D eigenvalue weighted by atomic mass is 9.92. The average molecular weight is 437 g/mol. The van der Waals surface area contributed by atoms with Crippen LogP contribution in [0.1, 0.15) is 36.8 Å². The van der Waals surface area contributed by atoms with Gasteiger partial charge in [-0.2, -0.15) is 5.10 Å². The predicted molar refractivity (Wildman–Crippen MR) is 121 cm³/mol. The molecule has 32 heavy (non-hydrogen) atoms. The van der Waals surface area contributed by atoms with Gasteiger partial charge in [0.1, 0.15) is 11.4 Å². The molecular formula is C24H27N3O5.